The third kappa shape index (κ3) is 1.99. The second-order valence-electron chi connectivity index (χ2n) is 3.87. The van der Waals surface area contributed by atoms with Gasteiger partial charge in [-0.3, -0.25) is 4.57 Å². The summed E-state index contributed by atoms with van der Waals surface area (Å²) in [6, 6.07) is -0.639. The predicted octanol–water partition coefficient (Wildman–Crippen LogP) is -0.645. The van der Waals surface area contributed by atoms with Gasteiger partial charge in [0.05, 0.1) is 6.61 Å². The fourth-order valence-electron chi connectivity index (χ4n) is 2.10. The van der Waals surface area contributed by atoms with Gasteiger partial charge in [0.1, 0.15) is 25.7 Å². The van der Waals surface area contributed by atoms with Gasteiger partial charge in [-0.2, -0.15) is 0 Å². The highest BCUT2D eigenvalue weighted by molar-refractivity contribution is 7.55. The third-order valence-electron chi connectivity index (χ3n) is 2.77. The van der Waals surface area contributed by atoms with Crippen molar-refractivity contribution in [3.8, 4) is 0 Å². The van der Waals surface area contributed by atoms with E-state index in [-0.39, 0.29) is 6.61 Å². The Balaban J connectivity index is 2.24. The van der Waals surface area contributed by atoms with E-state index in [2.05, 4.69) is 0 Å². The van der Waals surface area contributed by atoms with E-state index in [0.29, 0.717) is 0 Å². The lowest BCUT2D eigenvalue weighted by molar-refractivity contribution is -0.0931. The van der Waals surface area contributed by atoms with Crippen LogP contribution in [0.1, 0.15) is 0 Å². The zero-order chi connectivity index (χ0) is 12.0. The minimum Gasteiger partial charge on any atom is -0.375 e. The quantitative estimate of drug-likeness (QED) is 0.508. The molecule has 0 aromatic carbocycles. The van der Waals surface area contributed by atoms with Crippen LogP contribution in [-0.4, -0.2) is 55.2 Å². The monoisotopic (exact) mass is 246 g/mol. The second-order valence-corrected chi connectivity index (χ2v) is 5.35. The number of fused-ring (bicyclic) bond motifs is 2. The molecule has 2 heterocycles. The molecule has 2 fully saturated rings. The number of hydrogen-bond acceptors (Lipinski definition) is 4. The smallest absolute Gasteiger partial charge is 0.348 e. The van der Waals surface area contributed by atoms with E-state index in [4.69, 9.17) is 31.8 Å². The summed E-state index contributed by atoms with van der Waals surface area (Å²) < 4.78 is 26.8. The minimum absolute atomic E-state index is 0.181. The van der Waals surface area contributed by atoms with Gasteiger partial charge < -0.3 is 24.0 Å². The van der Waals surface area contributed by atoms with E-state index < -0.39 is 31.4 Å². The van der Waals surface area contributed by atoms with Crippen LogP contribution >= 0.6 is 7.60 Å². The summed E-state index contributed by atoms with van der Waals surface area (Å²) >= 11 is 0. The summed E-state index contributed by atoms with van der Waals surface area (Å²) in [4.78, 5) is 17.6. The Labute approximate surface area is 94.1 Å². The fraction of sp³-hybridized carbons (Fsp3) is 0.750. The number of rotatable bonds is 3. The highest BCUT2D eigenvalue weighted by Gasteiger charge is 2.59. The van der Waals surface area contributed by atoms with E-state index >= 15 is 0 Å². The molecule has 4 atom stereocenters. The standard InChI is InChI=1S/C8H12BO6P/c1-13-6-5-7(9)15-8(6,4-14-5)2-3-16(10,11)12/h2-3,5-7H,4H2,1H3,(H2,10,11,12)/b3-2+/t5?,6?,7-,8+/m1/s1. The van der Waals surface area contributed by atoms with Crippen LogP contribution in [0.5, 0.6) is 0 Å². The predicted molar refractivity (Wildman–Crippen MR) is 55.1 cm³/mol. The van der Waals surface area contributed by atoms with Crippen LogP contribution in [0.15, 0.2) is 11.9 Å². The molecule has 2 radical (unpaired) electrons. The second kappa shape index (κ2) is 3.94. The SMILES string of the molecule is [B][C@@H]1O[C@@]2(/C=C/P(=O)(O)O)COC1C2OC. The van der Waals surface area contributed by atoms with Crippen molar-refractivity contribution < 1.29 is 28.6 Å². The third-order valence-corrected chi connectivity index (χ3v) is 3.30. The lowest BCUT2D eigenvalue weighted by atomic mass is 9.92. The fourth-order valence-corrected chi connectivity index (χ4v) is 2.55. The van der Waals surface area contributed by atoms with Crippen molar-refractivity contribution in [1.82, 2.24) is 0 Å². The molecule has 88 valence electrons. The first-order valence-corrected chi connectivity index (χ1v) is 6.39. The Bertz CT molecular complexity index is 354. The Hall–Kier alpha value is -0.165. The van der Waals surface area contributed by atoms with Gasteiger partial charge in [-0.25, -0.2) is 0 Å². The van der Waals surface area contributed by atoms with Crippen LogP contribution in [0.25, 0.3) is 0 Å². The molecule has 16 heavy (non-hydrogen) atoms. The summed E-state index contributed by atoms with van der Waals surface area (Å²) in [5, 5.41) is 0. The van der Waals surface area contributed by atoms with Crippen molar-refractivity contribution in [2.75, 3.05) is 13.7 Å². The molecule has 2 saturated heterocycles. The maximum absolute atomic E-state index is 10.8. The molecule has 2 N–H and O–H groups in total. The van der Waals surface area contributed by atoms with Gasteiger partial charge in [0.2, 0.25) is 0 Å². The molecule has 2 unspecified atom stereocenters. The topological polar surface area (TPSA) is 85.2 Å². The van der Waals surface area contributed by atoms with Crippen molar-refractivity contribution in [2.45, 2.75) is 23.8 Å². The Morgan fingerprint density at radius 3 is 2.81 bits per heavy atom. The molecule has 6 nitrogen and oxygen atoms in total. The van der Waals surface area contributed by atoms with Crippen molar-refractivity contribution in [2.24, 2.45) is 0 Å². The summed E-state index contributed by atoms with van der Waals surface area (Å²) in [6.07, 6.45) is 0.450. The van der Waals surface area contributed by atoms with Gasteiger partial charge in [-0.1, -0.05) is 0 Å². The van der Waals surface area contributed by atoms with Crippen LogP contribution in [0.4, 0.5) is 0 Å². The van der Waals surface area contributed by atoms with Gasteiger partial charge in [0.25, 0.3) is 0 Å². The van der Waals surface area contributed by atoms with Crippen molar-refractivity contribution in [1.29, 1.82) is 0 Å². The van der Waals surface area contributed by atoms with Gasteiger partial charge in [0, 0.05) is 18.9 Å². The average Bonchev–Trinajstić information content (AvgIpc) is 2.65. The van der Waals surface area contributed by atoms with Crippen LogP contribution in [0, 0.1) is 0 Å². The van der Waals surface area contributed by atoms with E-state index in [0.717, 1.165) is 5.82 Å². The first kappa shape index (κ1) is 12.3. The van der Waals surface area contributed by atoms with Crippen molar-refractivity contribution in [3.05, 3.63) is 11.9 Å². The van der Waals surface area contributed by atoms with Crippen molar-refractivity contribution in [3.63, 3.8) is 0 Å². The largest absolute Gasteiger partial charge is 0.375 e. The Morgan fingerprint density at radius 2 is 2.31 bits per heavy atom. The van der Waals surface area contributed by atoms with Gasteiger partial charge in [-0.05, 0) is 6.08 Å². The molecule has 0 amide bonds. The molecule has 0 aromatic rings. The Kier molecular flexibility index (Phi) is 3.03. The summed E-state index contributed by atoms with van der Waals surface area (Å²) in [5.74, 6) is 0.794. The molecule has 2 bridgehead atoms. The normalized spacial score (nSPS) is 43.3. The highest BCUT2D eigenvalue weighted by atomic mass is 31.2. The zero-order valence-corrected chi connectivity index (χ0v) is 9.54. The molecular formula is C8H12BO6P. The summed E-state index contributed by atoms with van der Waals surface area (Å²) in [7, 11) is 2.91. The molecular weight excluding hydrogens is 234 g/mol. The highest BCUT2D eigenvalue weighted by Crippen LogP contribution is 2.44. The van der Waals surface area contributed by atoms with E-state index in [1.54, 1.807) is 0 Å². The molecule has 0 aliphatic carbocycles. The van der Waals surface area contributed by atoms with Crippen LogP contribution in [0.2, 0.25) is 0 Å². The molecule has 0 spiro atoms. The van der Waals surface area contributed by atoms with Crippen LogP contribution in [-0.2, 0) is 18.8 Å². The van der Waals surface area contributed by atoms with Crippen LogP contribution in [0.3, 0.4) is 0 Å². The Morgan fingerprint density at radius 1 is 1.62 bits per heavy atom. The van der Waals surface area contributed by atoms with E-state index in [9.17, 15) is 4.57 Å². The molecule has 2 aliphatic rings. The minimum atomic E-state index is -4.22. The number of hydrogen-bond donors (Lipinski definition) is 2. The van der Waals surface area contributed by atoms with Crippen molar-refractivity contribution >= 4 is 15.4 Å². The lowest BCUT2D eigenvalue weighted by Gasteiger charge is -2.27. The van der Waals surface area contributed by atoms with Crippen LogP contribution < -0.4 is 0 Å². The maximum atomic E-state index is 10.8. The summed E-state index contributed by atoms with van der Waals surface area (Å²) in [5.41, 5.74) is -0.986. The molecule has 0 aromatic heterocycles. The molecule has 2 aliphatic heterocycles. The lowest BCUT2D eigenvalue weighted by Crippen LogP contribution is -2.39. The number of methoxy groups -OCH3 is 1. The maximum Gasteiger partial charge on any atom is 0.348 e. The zero-order valence-electron chi connectivity index (χ0n) is 8.65. The average molecular weight is 246 g/mol. The molecule has 8 heteroatoms. The van der Waals surface area contributed by atoms with Gasteiger partial charge in [-0.15, -0.1) is 0 Å². The van der Waals surface area contributed by atoms with Gasteiger partial charge >= 0.3 is 7.60 Å². The molecule has 0 saturated carbocycles. The number of ether oxygens (including phenoxy) is 3. The summed E-state index contributed by atoms with van der Waals surface area (Å²) in [6.45, 7) is 0.181. The van der Waals surface area contributed by atoms with E-state index in [1.807, 2.05) is 0 Å². The first-order valence-electron chi connectivity index (χ1n) is 4.71. The first-order chi connectivity index (χ1) is 7.38. The van der Waals surface area contributed by atoms with E-state index in [1.165, 1.54) is 13.2 Å². The molecule has 2 rings (SSSR count). The van der Waals surface area contributed by atoms with Gasteiger partial charge in [0.15, 0.2) is 0 Å².